The van der Waals surface area contributed by atoms with Gasteiger partial charge in [-0.25, -0.2) is 4.98 Å². The third kappa shape index (κ3) is 2.88. The Morgan fingerprint density at radius 1 is 1.59 bits per heavy atom. The molecule has 17 heavy (non-hydrogen) atoms. The van der Waals surface area contributed by atoms with Crippen LogP contribution in [0.2, 0.25) is 0 Å². The number of anilines is 1. The number of aliphatic hydroxyl groups is 1. The van der Waals surface area contributed by atoms with Crippen molar-refractivity contribution in [3.05, 3.63) is 18.3 Å². The number of pyridine rings is 1. The predicted octanol–water partition coefficient (Wildman–Crippen LogP) is 1.69. The second-order valence-corrected chi connectivity index (χ2v) is 4.40. The van der Waals surface area contributed by atoms with Crippen LogP contribution in [-0.4, -0.2) is 36.4 Å². The molecular formula is C13H20N2O2. The van der Waals surface area contributed by atoms with Crippen LogP contribution in [0.25, 0.3) is 0 Å². The first-order valence-electron chi connectivity index (χ1n) is 6.28. The van der Waals surface area contributed by atoms with Gasteiger partial charge in [-0.1, -0.05) is 0 Å². The van der Waals surface area contributed by atoms with E-state index in [1.54, 1.807) is 6.20 Å². The van der Waals surface area contributed by atoms with E-state index in [1.165, 1.54) is 0 Å². The molecule has 0 aliphatic carbocycles. The number of aliphatic hydroxyl groups excluding tert-OH is 1. The standard InChI is InChI=1S/C13H20N2O2/c1-2-17-12-6-3-7-14-13(12)15-8-4-5-11(9-15)10-16/h3,6-7,11,16H,2,4-5,8-10H2,1H3. The smallest absolute Gasteiger partial charge is 0.171 e. The average molecular weight is 236 g/mol. The van der Waals surface area contributed by atoms with Gasteiger partial charge in [0.25, 0.3) is 0 Å². The molecule has 0 radical (unpaired) electrons. The Bertz CT molecular complexity index is 357. The number of ether oxygens (including phenoxy) is 1. The van der Waals surface area contributed by atoms with Gasteiger partial charge < -0.3 is 14.7 Å². The maximum Gasteiger partial charge on any atom is 0.171 e. The van der Waals surface area contributed by atoms with Crippen molar-refractivity contribution in [2.24, 2.45) is 5.92 Å². The molecule has 0 spiro atoms. The van der Waals surface area contributed by atoms with Crippen LogP contribution in [-0.2, 0) is 0 Å². The van der Waals surface area contributed by atoms with Gasteiger partial charge in [0.1, 0.15) is 0 Å². The largest absolute Gasteiger partial charge is 0.490 e. The van der Waals surface area contributed by atoms with Crippen molar-refractivity contribution < 1.29 is 9.84 Å². The fourth-order valence-corrected chi connectivity index (χ4v) is 2.29. The third-order valence-corrected chi connectivity index (χ3v) is 3.13. The summed E-state index contributed by atoms with van der Waals surface area (Å²) in [5, 5.41) is 9.25. The Labute approximate surface area is 102 Å². The van der Waals surface area contributed by atoms with E-state index in [0.29, 0.717) is 12.5 Å². The predicted molar refractivity (Wildman–Crippen MR) is 67.4 cm³/mol. The molecule has 1 unspecified atom stereocenters. The van der Waals surface area contributed by atoms with E-state index in [-0.39, 0.29) is 6.61 Å². The van der Waals surface area contributed by atoms with E-state index in [0.717, 1.165) is 37.5 Å². The lowest BCUT2D eigenvalue weighted by Gasteiger charge is -2.33. The number of piperidine rings is 1. The zero-order chi connectivity index (χ0) is 12.1. The number of hydrogen-bond acceptors (Lipinski definition) is 4. The minimum absolute atomic E-state index is 0.257. The lowest BCUT2D eigenvalue weighted by Crippen LogP contribution is -2.37. The maximum atomic E-state index is 9.25. The van der Waals surface area contributed by atoms with Gasteiger partial charge in [0.15, 0.2) is 11.6 Å². The van der Waals surface area contributed by atoms with Gasteiger partial charge in [-0.15, -0.1) is 0 Å². The van der Waals surface area contributed by atoms with Crippen LogP contribution in [0.1, 0.15) is 19.8 Å². The minimum atomic E-state index is 0.257. The SMILES string of the molecule is CCOc1cccnc1N1CCCC(CO)C1. The second kappa shape index (κ2) is 5.87. The summed E-state index contributed by atoms with van der Waals surface area (Å²) < 4.78 is 5.59. The van der Waals surface area contributed by atoms with E-state index >= 15 is 0 Å². The fraction of sp³-hybridized carbons (Fsp3) is 0.615. The molecule has 0 bridgehead atoms. The Morgan fingerprint density at radius 2 is 2.47 bits per heavy atom. The molecular weight excluding hydrogens is 216 g/mol. The zero-order valence-corrected chi connectivity index (χ0v) is 10.3. The van der Waals surface area contributed by atoms with Gasteiger partial charge in [0.05, 0.1) is 6.61 Å². The van der Waals surface area contributed by atoms with Crippen molar-refractivity contribution in [1.29, 1.82) is 0 Å². The van der Waals surface area contributed by atoms with Gasteiger partial charge >= 0.3 is 0 Å². The van der Waals surface area contributed by atoms with E-state index in [2.05, 4.69) is 9.88 Å². The van der Waals surface area contributed by atoms with Crippen LogP contribution in [0.5, 0.6) is 5.75 Å². The number of hydrogen-bond donors (Lipinski definition) is 1. The van der Waals surface area contributed by atoms with E-state index < -0.39 is 0 Å². The second-order valence-electron chi connectivity index (χ2n) is 4.40. The molecule has 4 nitrogen and oxygen atoms in total. The van der Waals surface area contributed by atoms with E-state index in [4.69, 9.17) is 4.74 Å². The van der Waals surface area contributed by atoms with Crippen LogP contribution >= 0.6 is 0 Å². The zero-order valence-electron chi connectivity index (χ0n) is 10.3. The molecule has 1 aromatic heterocycles. The molecule has 94 valence electrons. The molecule has 0 amide bonds. The first kappa shape index (κ1) is 12.2. The summed E-state index contributed by atoms with van der Waals surface area (Å²) in [7, 11) is 0. The first-order chi connectivity index (χ1) is 8.35. The number of nitrogens with zero attached hydrogens (tertiary/aromatic N) is 2. The Morgan fingerprint density at radius 3 is 3.24 bits per heavy atom. The summed E-state index contributed by atoms with van der Waals surface area (Å²) in [5.74, 6) is 2.11. The average Bonchev–Trinajstić information content (AvgIpc) is 2.40. The fourth-order valence-electron chi connectivity index (χ4n) is 2.29. The monoisotopic (exact) mass is 236 g/mol. The number of aromatic nitrogens is 1. The Balaban J connectivity index is 2.15. The minimum Gasteiger partial charge on any atom is -0.490 e. The molecule has 0 saturated carbocycles. The molecule has 2 rings (SSSR count). The summed E-state index contributed by atoms with van der Waals surface area (Å²) in [6, 6.07) is 3.84. The molecule has 1 aromatic rings. The van der Waals surface area contributed by atoms with Crippen molar-refractivity contribution >= 4 is 5.82 Å². The van der Waals surface area contributed by atoms with Gasteiger partial charge in [0.2, 0.25) is 0 Å². The van der Waals surface area contributed by atoms with Crippen molar-refractivity contribution in [2.75, 3.05) is 31.2 Å². The summed E-state index contributed by atoms with van der Waals surface area (Å²) in [4.78, 5) is 6.63. The molecule has 1 fully saturated rings. The van der Waals surface area contributed by atoms with Gasteiger partial charge in [-0.3, -0.25) is 0 Å². The van der Waals surface area contributed by atoms with Gasteiger partial charge in [-0.05, 0) is 37.8 Å². The Kier molecular flexibility index (Phi) is 4.20. The van der Waals surface area contributed by atoms with Crippen LogP contribution in [0.15, 0.2) is 18.3 Å². The molecule has 1 aliphatic heterocycles. The van der Waals surface area contributed by atoms with Crippen LogP contribution < -0.4 is 9.64 Å². The summed E-state index contributed by atoms with van der Waals surface area (Å²) >= 11 is 0. The van der Waals surface area contributed by atoms with Crippen LogP contribution in [0.4, 0.5) is 5.82 Å². The van der Waals surface area contributed by atoms with Crippen molar-refractivity contribution in [1.82, 2.24) is 4.98 Å². The highest BCUT2D eigenvalue weighted by molar-refractivity contribution is 5.52. The summed E-state index contributed by atoms with van der Waals surface area (Å²) in [6.07, 6.45) is 4.00. The lowest BCUT2D eigenvalue weighted by molar-refractivity contribution is 0.208. The van der Waals surface area contributed by atoms with Crippen molar-refractivity contribution in [3.8, 4) is 5.75 Å². The first-order valence-corrected chi connectivity index (χ1v) is 6.28. The Hall–Kier alpha value is -1.29. The summed E-state index contributed by atoms with van der Waals surface area (Å²) in [6.45, 7) is 4.74. The summed E-state index contributed by atoms with van der Waals surface area (Å²) in [5.41, 5.74) is 0. The highest BCUT2D eigenvalue weighted by atomic mass is 16.5. The number of rotatable bonds is 4. The van der Waals surface area contributed by atoms with Crippen LogP contribution in [0, 0.1) is 5.92 Å². The van der Waals surface area contributed by atoms with E-state index in [9.17, 15) is 5.11 Å². The maximum absolute atomic E-state index is 9.25. The van der Waals surface area contributed by atoms with Gasteiger partial charge in [-0.2, -0.15) is 0 Å². The molecule has 1 aliphatic rings. The molecule has 0 aromatic carbocycles. The third-order valence-electron chi connectivity index (χ3n) is 3.13. The topological polar surface area (TPSA) is 45.6 Å². The molecule has 4 heteroatoms. The molecule has 1 atom stereocenters. The highest BCUT2D eigenvalue weighted by Gasteiger charge is 2.22. The normalized spacial score (nSPS) is 20.4. The van der Waals surface area contributed by atoms with E-state index in [1.807, 2.05) is 19.1 Å². The highest BCUT2D eigenvalue weighted by Crippen LogP contribution is 2.29. The van der Waals surface area contributed by atoms with Crippen molar-refractivity contribution in [2.45, 2.75) is 19.8 Å². The molecule has 1 saturated heterocycles. The molecule has 1 N–H and O–H groups in total. The quantitative estimate of drug-likeness (QED) is 0.864. The van der Waals surface area contributed by atoms with Crippen molar-refractivity contribution in [3.63, 3.8) is 0 Å². The molecule has 2 heterocycles. The lowest BCUT2D eigenvalue weighted by atomic mass is 9.99. The van der Waals surface area contributed by atoms with Gasteiger partial charge in [0, 0.05) is 25.9 Å². The van der Waals surface area contributed by atoms with Crippen LogP contribution in [0.3, 0.4) is 0 Å².